The van der Waals surface area contributed by atoms with Gasteiger partial charge >= 0.3 is 6.18 Å². The molecule has 12 heteroatoms. The van der Waals surface area contributed by atoms with E-state index >= 15 is 0 Å². The van der Waals surface area contributed by atoms with Gasteiger partial charge in [0.05, 0.1) is 18.1 Å². The number of alkyl halides is 6. The van der Waals surface area contributed by atoms with Crippen LogP contribution in [0.15, 0.2) is 24.7 Å². The number of amides is 1. The van der Waals surface area contributed by atoms with Crippen molar-refractivity contribution < 1.29 is 22.4 Å². The smallest absolute Gasteiger partial charge is 0.319 e. The molecule has 2 aromatic rings. The molecule has 0 saturated carbocycles. The summed E-state index contributed by atoms with van der Waals surface area (Å²) in [5, 5.41) is 1.78. The molecule has 0 bridgehead atoms. The molecule has 24 heavy (non-hydrogen) atoms. The normalized spacial score (nSPS) is 12.1. The fourth-order valence-electron chi connectivity index (χ4n) is 1.56. The molecule has 5 nitrogen and oxygen atoms in total. The second-order valence-corrected chi connectivity index (χ2v) is 6.58. The summed E-state index contributed by atoms with van der Waals surface area (Å²) in [4.78, 5) is 22.0. The summed E-state index contributed by atoms with van der Waals surface area (Å²) in [5.74, 6) is -2.54. The maximum atomic E-state index is 13.1. The van der Waals surface area contributed by atoms with Crippen molar-refractivity contribution in [1.82, 2.24) is 15.0 Å². The Morgan fingerprint density at radius 2 is 1.79 bits per heavy atom. The topological polar surface area (TPSA) is 67.8 Å². The number of nitrogens with one attached hydrogen (secondary N) is 1. The van der Waals surface area contributed by atoms with Gasteiger partial charge in [0.15, 0.2) is 11.5 Å². The van der Waals surface area contributed by atoms with Crippen molar-refractivity contribution in [3.05, 3.63) is 36.2 Å². The summed E-state index contributed by atoms with van der Waals surface area (Å²) in [7, 11) is 0. The first-order chi connectivity index (χ1) is 11.0. The Kier molecular flexibility index (Phi) is 5.17. The van der Waals surface area contributed by atoms with Crippen molar-refractivity contribution >= 4 is 46.4 Å². The molecule has 2 heterocycles. The molecule has 0 unspecified atom stereocenters. The molecule has 0 atom stereocenters. The lowest BCUT2D eigenvalue weighted by Gasteiger charge is -2.16. The van der Waals surface area contributed by atoms with Crippen LogP contribution in [0.1, 0.15) is 5.69 Å². The maximum absolute atomic E-state index is 13.1. The molecule has 1 N–H and O–H groups in total. The summed E-state index contributed by atoms with van der Waals surface area (Å²) in [6, 6.07) is 0.905. The highest BCUT2D eigenvalue weighted by atomic mass is 35.6. The molecule has 0 aliphatic carbocycles. The highest BCUT2D eigenvalue weighted by Gasteiger charge is 2.39. The van der Waals surface area contributed by atoms with Crippen LogP contribution in [0.4, 0.5) is 23.2 Å². The van der Waals surface area contributed by atoms with Crippen LogP contribution in [0.2, 0.25) is 0 Å². The Morgan fingerprint density at radius 1 is 1.12 bits per heavy atom. The van der Waals surface area contributed by atoms with E-state index in [1.807, 2.05) is 0 Å². The summed E-state index contributed by atoms with van der Waals surface area (Å²) < 4.78 is 50.1. The highest BCUT2D eigenvalue weighted by Crippen LogP contribution is 2.35. The molecule has 0 fully saturated rings. The van der Waals surface area contributed by atoms with Crippen LogP contribution in [0.25, 0.3) is 11.4 Å². The number of hydrogen-bond acceptors (Lipinski definition) is 4. The van der Waals surface area contributed by atoms with Gasteiger partial charge in [-0.1, -0.05) is 34.8 Å². The lowest BCUT2D eigenvalue weighted by molar-refractivity contribution is -0.140. The van der Waals surface area contributed by atoms with Crippen LogP contribution in [0.5, 0.6) is 0 Å². The minimum Gasteiger partial charge on any atom is -0.319 e. The van der Waals surface area contributed by atoms with E-state index in [0.29, 0.717) is 6.20 Å². The van der Waals surface area contributed by atoms with Gasteiger partial charge in [-0.05, 0) is 6.07 Å². The van der Waals surface area contributed by atoms with E-state index in [2.05, 4.69) is 15.0 Å². The van der Waals surface area contributed by atoms with Crippen molar-refractivity contribution in [1.29, 1.82) is 0 Å². The first kappa shape index (κ1) is 18.6. The van der Waals surface area contributed by atoms with Crippen LogP contribution in [0, 0.1) is 5.82 Å². The third-order valence-electron chi connectivity index (χ3n) is 2.53. The first-order valence-electron chi connectivity index (χ1n) is 5.92. The number of carbonyl (C=O) groups excluding carboxylic acids is 1. The van der Waals surface area contributed by atoms with E-state index in [4.69, 9.17) is 34.8 Å². The number of nitrogens with zero attached hydrogens (tertiary/aromatic N) is 3. The van der Waals surface area contributed by atoms with Gasteiger partial charge < -0.3 is 5.32 Å². The molecule has 0 saturated heterocycles. The molecular formula is C12H5Cl3F4N4O. The van der Waals surface area contributed by atoms with Gasteiger partial charge in [0.2, 0.25) is 0 Å². The zero-order valence-corrected chi connectivity index (χ0v) is 13.5. The number of carbonyl (C=O) groups is 1. The van der Waals surface area contributed by atoms with Crippen molar-refractivity contribution in [3.63, 3.8) is 0 Å². The van der Waals surface area contributed by atoms with E-state index in [1.165, 1.54) is 0 Å². The Hall–Kier alpha value is -1.71. The van der Waals surface area contributed by atoms with Crippen LogP contribution in [0.3, 0.4) is 0 Å². The minimum absolute atomic E-state index is 0.0836. The number of rotatable bonds is 2. The lowest BCUT2D eigenvalue weighted by Crippen LogP contribution is -2.28. The average Bonchev–Trinajstić information content (AvgIpc) is 2.45. The Labute approximate surface area is 147 Å². The fraction of sp³-hybridized carbons (Fsp3) is 0.167. The van der Waals surface area contributed by atoms with Gasteiger partial charge in [-0.25, -0.2) is 14.4 Å². The summed E-state index contributed by atoms with van der Waals surface area (Å²) in [6.07, 6.45) is -2.33. The SMILES string of the molecule is O=C(Nc1cnc(-c2cncc(F)c2)nc1C(F)(F)F)C(Cl)(Cl)Cl. The van der Waals surface area contributed by atoms with Gasteiger partial charge in [0, 0.05) is 11.8 Å². The number of anilines is 1. The lowest BCUT2D eigenvalue weighted by atomic mass is 10.2. The molecule has 2 aromatic heterocycles. The zero-order valence-electron chi connectivity index (χ0n) is 11.2. The van der Waals surface area contributed by atoms with Gasteiger partial charge in [-0.15, -0.1) is 0 Å². The van der Waals surface area contributed by atoms with Crippen molar-refractivity contribution in [2.24, 2.45) is 0 Å². The molecule has 0 aliphatic heterocycles. The van der Waals surface area contributed by atoms with Gasteiger partial charge in [-0.3, -0.25) is 9.78 Å². The van der Waals surface area contributed by atoms with E-state index in [1.54, 1.807) is 5.32 Å². The second-order valence-electron chi connectivity index (χ2n) is 4.30. The third-order valence-corrected chi connectivity index (χ3v) is 3.04. The summed E-state index contributed by atoms with van der Waals surface area (Å²) in [5.41, 5.74) is -2.38. The molecule has 0 spiro atoms. The van der Waals surface area contributed by atoms with E-state index in [9.17, 15) is 22.4 Å². The van der Waals surface area contributed by atoms with E-state index in [0.717, 1.165) is 18.5 Å². The van der Waals surface area contributed by atoms with Crippen LogP contribution in [-0.2, 0) is 11.0 Å². The maximum Gasteiger partial charge on any atom is 0.435 e. The second kappa shape index (κ2) is 6.66. The predicted octanol–water partition coefficient (Wildman–Crippen LogP) is 4.01. The molecule has 0 radical (unpaired) electrons. The third kappa shape index (κ3) is 4.43. The first-order valence-corrected chi connectivity index (χ1v) is 7.05. The van der Waals surface area contributed by atoms with Crippen LogP contribution < -0.4 is 5.32 Å². The van der Waals surface area contributed by atoms with Crippen molar-refractivity contribution in [3.8, 4) is 11.4 Å². The largest absolute Gasteiger partial charge is 0.435 e. The van der Waals surface area contributed by atoms with Gasteiger partial charge in [-0.2, -0.15) is 13.2 Å². The molecular weight excluding hydrogens is 399 g/mol. The average molecular weight is 404 g/mol. The number of halogens is 7. The molecule has 0 aliphatic rings. The fourth-order valence-corrected chi connectivity index (χ4v) is 1.70. The number of pyridine rings is 1. The Morgan fingerprint density at radius 3 is 2.33 bits per heavy atom. The number of hydrogen-bond donors (Lipinski definition) is 1. The molecule has 1 amide bonds. The predicted molar refractivity (Wildman–Crippen MR) is 79.1 cm³/mol. The summed E-state index contributed by atoms with van der Waals surface area (Å²) in [6.45, 7) is 0. The Balaban J connectivity index is 2.49. The van der Waals surface area contributed by atoms with Crippen molar-refractivity contribution in [2.75, 3.05) is 5.32 Å². The van der Waals surface area contributed by atoms with Gasteiger partial charge in [0.25, 0.3) is 9.70 Å². The van der Waals surface area contributed by atoms with Gasteiger partial charge in [0.1, 0.15) is 5.82 Å². The van der Waals surface area contributed by atoms with Crippen molar-refractivity contribution in [2.45, 2.75) is 9.97 Å². The Bertz CT molecular complexity index is 780. The van der Waals surface area contributed by atoms with E-state index in [-0.39, 0.29) is 5.56 Å². The zero-order chi connectivity index (χ0) is 18.1. The monoisotopic (exact) mass is 402 g/mol. The van der Waals surface area contributed by atoms with E-state index < -0.39 is 38.9 Å². The van der Waals surface area contributed by atoms with Crippen LogP contribution >= 0.6 is 34.8 Å². The molecule has 2 rings (SSSR count). The molecule has 128 valence electrons. The number of aromatic nitrogens is 3. The standard InChI is InChI=1S/C12H5Cl3F4N4O/c13-11(14,15)10(24)22-7-4-21-9(23-8(7)12(17,18)19)5-1-6(16)3-20-2-5/h1-4H,(H,22,24). The molecule has 0 aromatic carbocycles. The quantitative estimate of drug-likeness (QED) is 0.608. The minimum atomic E-state index is -4.95. The highest BCUT2D eigenvalue weighted by molar-refractivity contribution is 6.76. The van der Waals surface area contributed by atoms with Crippen LogP contribution in [-0.4, -0.2) is 24.7 Å². The summed E-state index contributed by atoms with van der Waals surface area (Å²) >= 11 is 15.9.